The van der Waals surface area contributed by atoms with Gasteiger partial charge in [-0.1, -0.05) is 54.9 Å². The summed E-state index contributed by atoms with van der Waals surface area (Å²) >= 11 is 0. The number of hydrogen-bond acceptors (Lipinski definition) is 1. The van der Waals surface area contributed by atoms with Gasteiger partial charge in [-0.15, -0.1) is 0 Å². The Labute approximate surface area is 113 Å². The fraction of sp³-hybridized carbons (Fsp3) is 1.00. The average Bonchev–Trinajstić information content (AvgIpc) is 2.22. The lowest BCUT2D eigenvalue weighted by atomic mass is 9.36. The third-order valence-corrected chi connectivity index (χ3v) is 7.67. The van der Waals surface area contributed by atoms with Crippen LogP contribution >= 0.6 is 0 Å². The predicted octanol–water partition coefficient (Wildman–Crippen LogP) is 4.64. The molecule has 1 nitrogen and oxygen atoms in total. The summed E-state index contributed by atoms with van der Waals surface area (Å²) in [4.78, 5) is 0. The van der Waals surface area contributed by atoms with Crippen LogP contribution in [0, 0.1) is 27.6 Å². The Kier molecular flexibility index (Phi) is 2.99. The van der Waals surface area contributed by atoms with Gasteiger partial charge >= 0.3 is 0 Å². The lowest BCUT2D eigenvalue weighted by molar-refractivity contribution is -0.228. The van der Waals surface area contributed by atoms with Crippen molar-refractivity contribution in [1.82, 2.24) is 0 Å². The molecule has 106 valence electrons. The van der Waals surface area contributed by atoms with E-state index in [9.17, 15) is 5.11 Å². The predicted molar refractivity (Wildman–Crippen MR) is 77.4 cm³/mol. The van der Waals surface area contributed by atoms with Crippen LogP contribution in [0.4, 0.5) is 0 Å². The minimum Gasteiger partial charge on any atom is -0.393 e. The van der Waals surface area contributed by atoms with Crippen LogP contribution in [0.2, 0.25) is 0 Å². The molecule has 0 aromatic heterocycles. The van der Waals surface area contributed by atoms with Gasteiger partial charge in [0.2, 0.25) is 0 Å². The highest BCUT2D eigenvalue weighted by molar-refractivity contribution is 5.14. The zero-order valence-electron chi connectivity index (χ0n) is 13.4. The minimum atomic E-state index is -0.153. The Morgan fingerprint density at radius 2 is 1.50 bits per heavy atom. The van der Waals surface area contributed by atoms with E-state index in [1.165, 1.54) is 19.3 Å². The Balaban J connectivity index is 2.55. The minimum absolute atomic E-state index is 0.0306. The van der Waals surface area contributed by atoms with Crippen LogP contribution in [-0.2, 0) is 0 Å². The molecule has 0 heterocycles. The van der Waals surface area contributed by atoms with E-state index in [1.807, 2.05) is 0 Å². The van der Waals surface area contributed by atoms with Crippen molar-refractivity contribution < 1.29 is 5.11 Å². The van der Waals surface area contributed by atoms with Gasteiger partial charge in [0.05, 0.1) is 6.10 Å². The molecule has 0 aromatic carbocycles. The summed E-state index contributed by atoms with van der Waals surface area (Å²) in [6.07, 6.45) is 4.75. The van der Waals surface area contributed by atoms with E-state index in [0.717, 1.165) is 6.42 Å². The molecule has 0 unspecified atom stereocenters. The van der Waals surface area contributed by atoms with E-state index >= 15 is 0 Å². The van der Waals surface area contributed by atoms with Crippen molar-refractivity contribution in [2.75, 3.05) is 0 Å². The number of rotatable bonds is 0. The Bertz CT molecular complexity index is 344. The summed E-state index contributed by atoms with van der Waals surface area (Å²) in [5.41, 5.74) is 1.02. The molecule has 0 amide bonds. The van der Waals surface area contributed by atoms with Crippen LogP contribution in [-0.4, -0.2) is 11.2 Å². The molecule has 0 spiro atoms. The molecule has 2 fully saturated rings. The van der Waals surface area contributed by atoms with Crippen LogP contribution in [0.5, 0.6) is 0 Å². The molecular formula is C17H32O. The topological polar surface area (TPSA) is 20.2 Å². The zero-order valence-corrected chi connectivity index (χ0v) is 13.4. The summed E-state index contributed by atoms with van der Waals surface area (Å²) in [6, 6.07) is 0. The number of aliphatic hydroxyl groups is 1. The fourth-order valence-electron chi connectivity index (χ4n) is 5.40. The molecule has 2 saturated carbocycles. The van der Waals surface area contributed by atoms with Crippen molar-refractivity contribution in [2.45, 2.75) is 80.3 Å². The van der Waals surface area contributed by atoms with Gasteiger partial charge in [0.1, 0.15) is 0 Å². The van der Waals surface area contributed by atoms with Crippen molar-refractivity contribution in [2.24, 2.45) is 27.6 Å². The Morgan fingerprint density at radius 3 is 2.06 bits per heavy atom. The van der Waals surface area contributed by atoms with Crippen LogP contribution in [0.3, 0.4) is 0 Å². The van der Waals surface area contributed by atoms with E-state index in [0.29, 0.717) is 22.2 Å². The zero-order chi connectivity index (χ0) is 14.0. The van der Waals surface area contributed by atoms with Crippen LogP contribution in [0.15, 0.2) is 0 Å². The molecule has 1 N–H and O–H groups in total. The summed E-state index contributed by atoms with van der Waals surface area (Å²) in [6.45, 7) is 16.8. The molecular weight excluding hydrogens is 220 g/mol. The molecule has 2 rings (SSSR count). The number of fused-ring (bicyclic) bond motifs is 1. The molecule has 0 bridgehead atoms. The summed E-state index contributed by atoms with van der Waals surface area (Å²) in [5, 5.41) is 10.6. The van der Waals surface area contributed by atoms with Crippen LogP contribution in [0.25, 0.3) is 0 Å². The number of aliphatic hydroxyl groups excluding tert-OH is 1. The van der Waals surface area contributed by atoms with E-state index in [2.05, 4.69) is 48.5 Å². The maximum absolute atomic E-state index is 10.6. The first-order valence-corrected chi connectivity index (χ1v) is 7.67. The lowest BCUT2D eigenvalue weighted by Crippen LogP contribution is -2.64. The number of hydrogen-bond donors (Lipinski definition) is 1. The molecule has 0 radical (unpaired) electrons. The highest BCUT2D eigenvalue weighted by Gasteiger charge is 2.65. The third-order valence-electron chi connectivity index (χ3n) is 7.67. The molecule has 1 heteroatoms. The molecule has 2 aliphatic carbocycles. The summed E-state index contributed by atoms with van der Waals surface area (Å²) in [7, 11) is 0. The van der Waals surface area contributed by atoms with Crippen molar-refractivity contribution in [1.29, 1.82) is 0 Å². The normalized spacial score (nSPS) is 50.7. The Hall–Kier alpha value is -0.0400. The van der Waals surface area contributed by atoms with Crippen molar-refractivity contribution in [3.05, 3.63) is 0 Å². The van der Waals surface area contributed by atoms with Crippen molar-refractivity contribution >= 4 is 0 Å². The molecule has 2 aliphatic rings. The largest absolute Gasteiger partial charge is 0.393 e. The van der Waals surface area contributed by atoms with Gasteiger partial charge < -0.3 is 5.11 Å². The van der Waals surface area contributed by atoms with Crippen molar-refractivity contribution in [3.63, 3.8) is 0 Å². The molecule has 0 saturated heterocycles. The van der Waals surface area contributed by atoms with E-state index in [1.54, 1.807) is 0 Å². The van der Waals surface area contributed by atoms with E-state index < -0.39 is 0 Å². The first-order chi connectivity index (χ1) is 7.99. The molecule has 4 atom stereocenters. The average molecular weight is 252 g/mol. The quantitative estimate of drug-likeness (QED) is 0.666. The molecule has 0 aliphatic heterocycles. The summed E-state index contributed by atoms with van der Waals surface area (Å²) < 4.78 is 0. The van der Waals surface area contributed by atoms with Gasteiger partial charge in [-0.3, -0.25) is 0 Å². The smallest absolute Gasteiger partial charge is 0.0599 e. The SMILES string of the molecule is C[C@H]1C(C)(C)[C@@H](O)C[C@]2(C)CCCC(C)(C)[C@]12C. The van der Waals surface area contributed by atoms with Gasteiger partial charge in [0.25, 0.3) is 0 Å². The second-order valence-corrected chi connectivity index (χ2v) is 8.76. The Morgan fingerprint density at radius 1 is 0.944 bits per heavy atom. The first-order valence-electron chi connectivity index (χ1n) is 7.67. The highest BCUT2D eigenvalue weighted by Crippen LogP contribution is 2.70. The van der Waals surface area contributed by atoms with Gasteiger partial charge in [0.15, 0.2) is 0 Å². The van der Waals surface area contributed by atoms with Gasteiger partial charge in [0, 0.05) is 0 Å². The van der Waals surface area contributed by atoms with Gasteiger partial charge in [-0.25, -0.2) is 0 Å². The lowest BCUT2D eigenvalue weighted by Gasteiger charge is -2.69. The summed E-state index contributed by atoms with van der Waals surface area (Å²) in [5.74, 6) is 0.550. The first kappa shape index (κ1) is 14.4. The standard InChI is InChI=1S/C17H32O/c1-12-15(4,5)13(18)11-16(6)10-8-9-14(2,3)17(12,16)7/h12-13,18H,8-11H2,1-7H3/t12-,13-,16-,17-/m0/s1. The monoisotopic (exact) mass is 252 g/mol. The maximum atomic E-state index is 10.6. The highest BCUT2D eigenvalue weighted by atomic mass is 16.3. The second kappa shape index (κ2) is 3.75. The fourth-order valence-corrected chi connectivity index (χ4v) is 5.40. The molecule has 18 heavy (non-hydrogen) atoms. The van der Waals surface area contributed by atoms with E-state index in [-0.39, 0.29) is 11.5 Å². The van der Waals surface area contributed by atoms with E-state index in [4.69, 9.17) is 0 Å². The van der Waals surface area contributed by atoms with Gasteiger partial charge in [-0.05, 0) is 46.8 Å². The second-order valence-electron chi connectivity index (χ2n) is 8.76. The third kappa shape index (κ3) is 1.49. The van der Waals surface area contributed by atoms with Crippen LogP contribution < -0.4 is 0 Å². The maximum Gasteiger partial charge on any atom is 0.0599 e. The van der Waals surface area contributed by atoms with Crippen molar-refractivity contribution in [3.8, 4) is 0 Å². The van der Waals surface area contributed by atoms with Gasteiger partial charge in [-0.2, -0.15) is 0 Å². The van der Waals surface area contributed by atoms with Crippen LogP contribution in [0.1, 0.15) is 74.1 Å². The molecule has 0 aromatic rings.